The van der Waals surface area contributed by atoms with Crippen LogP contribution in [0.3, 0.4) is 0 Å². The molecule has 0 bridgehead atoms. The lowest BCUT2D eigenvalue weighted by Crippen LogP contribution is -2.17. The van der Waals surface area contributed by atoms with Crippen molar-refractivity contribution < 1.29 is 4.74 Å². The lowest BCUT2D eigenvalue weighted by atomic mass is 10.0. The van der Waals surface area contributed by atoms with E-state index in [2.05, 4.69) is 42.5 Å². The van der Waals surface area contributed by atoms with Crippen molar-refractivity contribution in [2.45, 2.75) is 38.3 Å². The van der Waals surface area contributed by atoms with Gasteiger partial charge in [0.25, 0.3) is 0 Å². The minimum atomic E-state index is 0.205. The summed E-state index contributed by atoms with van der Waals surface area (Å²) in [7, 11) is 0. The molecule has 2 aromatic carbocycles. The first-order valence-electron chi connectivity index (χ1n) is 7.32. The van der Waals surface area contributed by atoms with Crippen LogP contribution < -0.4 is 10.5 Å². The monoisotopic (exact) mass is 267 g/mol. The Kier molecular flexibility index (Phi) is 3.75. The van der Waals surface area contributed by atoms with Crippen molar-refractivity contribution in [3.63, 3.8) is 0 Å². The molecule has 2 nitrogen and oxygen atoms in total. The molecule has 1 unspecified atom stereocenters. The molecule has 2 aromatic rings. The van der Waals surface area contributed by atoms with E-state index >= 15 is 0 Å². The Hall–Kier alpha value is -1.80. The maximum absolute atomic E-state index is 5.85. The Morgan fingerprint density at radius 1 is 1.10 bits per heavy atom. The molecule has 104 valence electrons. The number of hydrogen-bond donors (Lipinski definition) is 1. The van der Waals surface area contributed by atoms with E-state index in [1.165, 1.54) is 29.5 Å². The van der Waals surface area contributed by atoms with Gasteiger partial charge >= 0.3 is 0 Å². The van der Waals surface area contributed by atoms with Gasteiger partial charge in [-0.25, -0.2) is 0 Å². The maximum Gasteiger partial charge on any atom is 0.120 e. The van der Waals surface area contributed by atoms with Gasteiger partial charge in [0.15, 0.2) is 0 Å². The summed E-state index contributed by atoms with van der Waals surface area (Å²) in [6, 6.07) is 17.2. The molecule has 1 fully saturated rings. The highest BCUT2D eigenvalue weighted by Crippen LogP contribution is 2.29. The minimum absolute atomic E-state index is 0.205. The average molecular weight is 267 g/mol. The zero-order valence-corrected chi connectivity index (χ0v) is 11.9. The molecule has 1 atom stereocenters. The smallest absolute Gasteiger partial charge is 0.120 e. The fraction of sp³-hybridized carbons (Fsp3) is 0.333. The zero-order chi connectivity index (χ0) is 13.9. The van der Waals surface area contributed by atoms with E-state index in [1.807, 2.05) is 13.0 Å². The van der Waals surface area contributed by atoms with Gasteiger partial charge in [0.05, 0.1) is 6.10 Å². The lowest BCUT2D eigenvalue weighted by Gasteiger charge is -2.09. The third-order valence-electron chi connectivity index (χ3n) is 3.51. The molecule has 0 radical (unpaired) electrons. The van der Waals surface area contributed by atoms with Crippen LogP contribution in [0.15, 0.2) is 48.5 Å². The predicted octanol–water partition coefficient (Wildman–Crippen LogP) is 3.78. The molecule has 2 N–H and O–H groups in total. The van der Waals surface area contributed by atoms with Crippen molar-refractivity contribution in [3.05, 3.63) is 54.1 Å². The van der Waals surface area contributed by atoms with Crippen molar-refractivity contribution >= 4 is 0 Å². The van der Waals surface area contributed by atoms with E-state index in [4.69, 9.17) is 10.5 Å². The van der Waals surface area contributed by atoms with Crippen molar-refractivity contribution in [1.29, 1.82) is 0 Å². The number of benzene rings is 2. The highest BCUT2D eigenvalue weighted by Gasteiger charge is 2.23. The molecule has 0 aromatic heterocycles. The first-order valence-corrected chi connectivity index (χ1v) is 7.32. The summed E-state index contributed by atoms with van der Waals surface area (Å²) in [5, 5.41) is 0. The molecular weight excluding hydrogens is 246 g/mol. The van der Waals surface area contributed by atoms with Gasteiger partial charge in [-0.05, 0) is 55.0 Å². The lowest BCUT2D eigenvalue weighted by molar-refractivity contribution is 0.303. The van der Waals surface area contributed by atoms with Crippen LogP contribution in [-0.4, -0.2) is 12.1 Å². The second-order valence-corrected chi connectivity index (χ2v) is 5.72. The number of rotatable bonds is 5. The van der Waals surface area contributed by atoms with Crippen molar-refractivity contribution in [2.24, 2.45) is 5.73 Å². The maximum atomic E-state index is 5.85. The van der Waals surface area contributed by atoms with E-state index < -0.39 is 0 Å². The van der Waals surface area contributed by atoms with Gasteiger partial charge in [0, 0.05) is 6.04 Å². The molecule has 0 amide bonds. The van der Waals surface area contributed by atoms with Gasteiger partial charge in [0.1, 0.15) is 5.75 Å². The highest BCUT2D eigenvalue weighted by molar-refractivity contribution is 5.65. The van der Waals surface area contributed by atoms with E-state index in [-0.39, 0.29) is 6.04 Å². The van der Waals surface area contributed by atoms with Crippen LogP contribution in [0.5, 0.6) is 5.75 Å². The van der Waals surface area contributed by atoms with Gasteiger partial charge in [0.2, 0.25) is 0 Å². The number of ether oxygens (including phenoxy) is 1. The normalized spacial score (nSPS) is 15.9. The van der Waals surface area contributed by atoms with Crippen molar-refractivity contribution in [3.8, 4) is 16.9 Å². The van der Waals surface area contributed by atoms with Crippen LogP contribution in [0.4, 0.5) is 0 Å². The quantitative estimate of drug-likeness (QED) is 0.894. The van der Waals surface area contributed by atoms with Crippen molar-refractivity contribution in [1.82, 2.24) is 0 Å². The molecule has 0 spiro atoms. The second kappa shape index (κ2) is 5.68. The van der Waals surface area contributed by atoms with Gasteiger partial charge in [-0.1, -0.05) is 36.4 Å². The van der Waals surface area contributed by atoms with Gasteiger partial charge in [-0.15, -0.1) is 0 Å². The van der Waals surface area contributed by atoms with Crippen LogP contribution in [0.25, 0.3) is 11.1 Å². The Labute approximate surface area is 120 Å². The molecule has 0 heterocycles. The topological polar surface area (TPSA) is 35.2 Å². The van der Waals surface area contributed by atoms with Crippen LogP contribution >= 0.6 is 0 Å². The minimum Gasteiger partial charge on any atom is -0.490 e. The molecule has 20 heavy (non-hydrogen) atoms. The summed E-state index contributed by atoms with van der Waals surface area (Å²) in [4.78, 5) is 0. The summed E-state index contributed by atoms with van der Waals surface area (Å²) in [6.07, 6.45) is 3.75. The summed E-state index contributed by atoms with van der Waals surface area (Å²) in [5.41, 5.74) is 9.54. The SMILES string of the molecule is CC(N)Cc1ccc(-c2cccc(OC3CC3)c2)cc1. The highest BCUT2D eigenvalue weighted by atomic mass is 16.5. The number of hydrogen-bond acceptors (Lipinski definition) is 2. The Balaban J connectivity index is 1.77. The van der Waals surface area contributed by atoms with Crippen LogP contribution in [0.2, 0.25) is 0 Å². The standard InChI is InChI=1S/C18H21NO/c1-13(19)11-14-5-7-15(8-6-14)16-3-2-4-18(12-16)20-17-9-10-17/h2-8,12-13,17H,9-11,19H2,1H3. The fourth-order valence-corrected chi connectivity index (χ4v) is 2.33. The summed E-state index contributed by atoms with van der Waals surface area (Å²) in [5.74, 6) is 0.977. The molecule has 3 rings (SSSR count). The Morgan fingerprint density at radius 3 is 2.50 bits per heavy atom. The zero-order valence-electron chi connectivity index (χ0n) is 11.9. The summed E-state index contributed by atoms with van der Waals surface area (Å²) < 4.78 is 5.85. The largest absolute Gasteiger partial charge is 0.490 e. The van der Waals surface area contributed by atoms with E-state index in [0.29, 0.717) is 6.10 Å². The first-order chi connectivity index (χ1) is 9.70. The van der Waals surface area contributed by atoms with E-state index in [1.54, 1.807) is 0 Å². The van der Waals surface area contributed by atoms with Gasteiger partial charge in [-0.3, -0.25) is 0 Å². The van der Waals surface area contributed by atoms with E-state index in [9.17, 15) is 0 Å². The molecular formula is C18H21NO. The van der Waals surface area contributed by atoms with Crippen LogP contribution in [0.1, 0.15) is 25.3 Å². The predicted molar refractivity (Wildman–Crippen MR) is 82.9 cm³/mol. The van der Waals surface area contributed by atoms with E-state index in [0.717, 1.165) is 12.2 Å². The van der Waals surface area contributed by atoms with Crippen LogP contribution in [0, 0.1) is 0 Å². The Morgan fingerprint density at radius 2 is 1.85 bits per heavy atom. The fourth-order valence-electron chi connectivity index (χ4n) is 2.33. The molecule has 0 saturated heterocycles. The van der Waals surface area contributed by atoms with Crippen LogP contribution in [-0.2, 0) is 6.42 Å². The second-order valence-electron chi connectivity index (χ2n) is 5.72. The molecule has 1 aliphatic rings. The number of nitrogens with two attached hydrogens (primary N) is 1. The molecule has 2 heteroatoms. The summed E-state index contributed by atoms with van der Waals surface area (Å²) in [6.45, 7) is 2.03. The molecule has 1 aliphatic carbocycles. The van der Waals surface area contributed by atoms with Gasteiger partial charge < -0.3 is 10.5 Å². The first kappa shape index (κ1) is 13.2. The third kappa shape index (κ3) is 3.40. The molecule has 0 aliphatic heterocycles. The molecule has 1 saturated carbocycles. The summed E-state index contributed by atoms with van der Waals surface area (Å²) >= 11 is 0. The average Bonchev–Trinajstić information content (AvgIpc) is 3.23. The Bertz CT molecular complexity index is 570. The van der Waals surface area contributed by atoms with Gasteiger partial charge in [-0.2, -0.15) is 0 Å². The third-order valence-corrected chi connectivity index (χ3v) is 3.51. The van der Waals surface area contributed by atoms with Crippen molar-refractivity contribution in [2.75, 3.05) is 0 Å².